The molecule has 37 heavy (non-hydrogen) atoms. The van der Waals surface area contributed by atoms with Gasteiger partial charge < -0.3 is 10.1 Å². The summed E-state index contributed by atoms with van der Waals surface area (Å²) in [5, 5.41) is 10.8. The third kappa shape index (κ3) is 5.48. The lowest BCUT2D eigenvalue weighted by Gasteiger charge is -2.19. The molecular weight excluding hydrogens is 464 g/mol. The zero-order valence-corrected chi connectivity index (χ0v) is 21.2. The maximum atomic E-state index is 12.0. The first-order chi connectivity index (χ1) is 17.8. The lowest BCUT2D eigenvalue weighted by Crippen LogP contribution is -2.32. The van der Waals surface area contributed by atoms with Crippen LogP contribution in [0.1, 0.15) is 32.2 Å². The third-order valence-electron chi connectivity index (χ3n) is 5.71. The molecule has 2 N–H and O–H groups in total. The first-order valence-corrected chi connectivity index (χ1v) is 12.1. The molecule has 0 spiro atoms. The predicted octanol–water partition coefficient (Wildman–Crippen LogP) is 6.08. The zero-order chi connectivity index (χ0) is 26.0. The van der Waals surface area contributed by atoms with Gasteiger partial charge in [-0.05, 0) is 51.0 Å². The Labute approximate surface area is 215 Å². The van der Waals surface area contributed by atoms with Crippen molar-refractivity contribution in [2.75, 3.05) is 0 Å². The minimum Gasteiger partial charge on any atom is -0.444 e. The third-order valence-corrected chi connectivity index (χ3v) is 5.71. The molecule has 186 valence electrons. The van der Waals surface area contributed by atoms with E-state index in [-0.39, 0.29) is 0 Å². The SMILES string of the molecule is Cc1n[nH]c(-c2nccc3nc(-c4ccc(CNC(=O)OC(C)(C)C)cc4)c(-c4ccccc4)cc23)n1. The van der Waals surface area contributed by atoms with Crippen LogP contribution in [0, 0.1) is 6.92 Å². The smallest absolute Gasteiger partial charge is 0.407 e. The fraction of sp³-hybridized carbons (Fsp3) is 0.207. The number of aromatic amines is 1. The highest BCUT2D eigenvalue weighted by Gasteiger charge is 2.17. The number of H-pyrrole nitrogens is 1. The van der Waals surface area contributed by atoms with E-state index in [9.17, 15) is 4.79 Å². The van der Waals surface area contributed by atoms with Gasteiger partial charge in [-0.1, -0.05) is 54.6 Å². The summed E-state index contributed by atoms with van der Waals surface area (Å²) in [6.45, 7) is 7.73. The minimum absolute atomic E-state index is 0.373. The number of aromatic nitrogens is 5. The second kappa shape index (κ2) is 9.81. The number of fused-ring (bicyclic) bond motifs is 1. The van der Waals surface area contributed by atoms with Crippen LogP contribution in [0.25, 0.3) is 44.8 Å². The summed E-state index contributed by atoms with van der Waals surface area (Å²) < 4.78 is 5.33. The molecule has 8 heteroatoms. The van der Waals surface area contributed by atoms with E-state index in [2.05, 4.69) is 43.7 Å². The number of pyridine rings is 2. The van der Waals surface area contributed by atoms with Crippen LogP contribution in [0.3, 0.4) is 0 Å². The molecule has 0 aliphatic carbocycles. The Morgan fingerprint density at radius 1 is 0.946 bits per heavy atom. The van der Waals surface area contributed by atoms with Crippen LogP contribution in [0.5, 0.6) is 0 Å². The highest BCUT2D eigenvalue weighted by Crippen LogP contribution is 2.35. The molecule has 0 aliphatic heterocycles. The summed E-state index contributed by atoms with van der Waals surface area (Å²) >= 11 is 0. The van der Waals surface area contributed by atoms with Crippen molar-refractivity contribution in [3.05, 3.63) is 84.3 Å². The van der Waals surface area contributed by atoms with Crippen LogP contribution in [0.2, 0.25) is 0 Å². The normalized spacial score (nSPS) is 11.5. The number of carbonyl (C=O) groups is 1. The Morgan fingerprint density at radius 2 is 1.70 bits per heavy atom. The van der Waals surface area contributed by atoms with Gasteiger partial charge in [-0.15, -0.1) is 0 Å². The number of aryl methyl sites for hydroxylation is 1. The molecule has 0 saturated heterocycles. The molecule has 5 rings (SSSR count). The van der Waals surface area contributed by atoms with Gasteiger partial charge in [-0.25, -0.2) is 14.8 Å². The number of rotatable bonds is 5. The zero-order valence-electron chi connectivity index (χ0n) is 21.2. The molecule has 0 saturated carbocycles. The van der Waals surface area contributed by atoms with E-state index in [1.165, 1.54) is 0 Å². The fourth-order valence-electron chi connectivity index (χ4n) is 4.06. The first-order valence-electron chi connectivity index (χ1n) is 12.1. The molecule has 5 aromatic rings. The van der Waals surface area contributed by atoms with Crippen LogP contribution in [0.15, 0.2) is 72.9 Å². The number of ether oxygens (including phenoxy) is 1. The molecular formula is C29H28N6O2. The van der Waals surface area contributed by atoms with Gasteiger partial charge in [0, 0.05) is 29.3 Å². The summed E-state index contributed by atoms with van der Waals surface area (Å²) in [4.78, 5) is 26.1. The summed E-state index contributed by atoms with van der Waals surface area (Å²) in [5.74, 6) is 1.27. The molecule has 2 aromatic carbocycles. The van der Waals surface area contributed by atoms with Crippen molar-refractivity contribution < 1.29 is 9.53 Å². The fourth-order valence-corrected chi connectivity index (χ4v) is 4.06. The number of nitrogens with one attached hydrogen (secondary N) is 2. The van der Waals surface area contributed by atoms with Gasteiger partial charge in [0.1, 0.15) is 17.1 Å². The quantitative estimate of drug-likeness (QED) is 0.308. The number of hydrogen-bond donors (Lipinski definition) is 2. The monoisotopic (exact) mass is 492 g/mol. The van der Waals surface area contributed by atoms with E-state index in [0.717, 1.165) is 38.9 Å². The van der Waals surface area contributed by atoms with Crippen molar-refractivity contribution in [1.29, 1.82) is 0 Å². The largest absolute Gasteiger partial charge is 0.444 e. The van der Waals surface area contributed by atoms with Crippen LogP contribution >= 0.6 is 0 Å². The Kier molecular flexibility index (Phi) is 6.40. The topological polar surface area (TPSA) is 106 Å². The standard InChI is InChI=1S/C29H28N6O2/c1-18-32-27(35-34-18)26-23-16-22(20-8-6-5-7-9-20)25(33-24(23)14-15-30-26)21-12-10-19(11-13-21)17-31-28(36)37-29(2,3)4/h5-16H,17H2,1-4H3,(H,31,36)(H,32,34,35). The maximum Gasteiger partial charge on any atom is 0.407 e. The molecule has 0 unspecified atom stereocenters. The number of carbonyl (C=O) groups excluding carboxylic acids is 1. The average Bonchev–Trinajstić information content (AvgIpc) is 3.32. The highest BCUT2D eigenvalue weighted by molar-refractivity contribution is 5.97. The molecule has 3 aromatic heterocycles. The predicted molar refractivity (Wildman–Crippen MR) is 144 cm³/mol. The van der Waals surface area contributed by atoms with Crippen molar-refractivity contribution in [3.8, 4) is 33.9 Å². The van der Waals surface area contributed by atoms with Gasteiger partial charge in [0.05, 0.1) is 11.2 Å². The summed E-state index contributed by atoms with van der Waals surface area (Å²) in [6, 6.07) is 22.2. The van der Waals surface area contributed by atoms with Crippen LogP contribution in [-0.4, -0.2) is 36.8 Å². The molecule has 0 atom stereocenters. The van der Waals surface area contributed by atoms with Gasteiger partial charge in [-0.2, -0.15) is 5.10 Å². The Bertz CT molecular complexity index is 1550. The summed E-state index contributed by atoms with van der Waals surface area (Å²) in [7, 11) is 0. The summed E-state index contributed by atoms with van der Waals surface area (Å²) in [5.41, 5.74) is 5.80. The van der Waals surface area contributed by atoms with Gasteiger partial charge in [0.15, 0.2) is 5.82 Å². The second-order valence-corrected chi connectivity index (χ2v) is 9.76. The number of hydrogen-bond acceptors (Lipinski definition) is 6. The lowest BCUT2D eigenvalue weighted by atomic mass is 9.96. The van der Waals surface area contributed by atoms with E-state index < -0.39 is 11.7 Å². The number of nitrogens with zero attached hydrogens (tertiary/aromatic N) is 4. The van der Waals surface area contributed by atoms with Gasteiger partial charge in [0.25, 0.3) is 0 Å². The molecule has 0 bridgehead atoms. The van der Waals surface area contributed by atoms with Crippen molar-refractivity contribution in [1.82, 2.24) is 30.5 Å². The molecule has 1 amide bonds. The van der Waals surface area contributed by atoms with Crippen molar-refractivity contribution in [2.45, 2.75) is 39.8 Å². The van der Waals surface area contributed by atoms with Gasteiger partial charge in [-0.3, -0.25) is 10.1 Å². The Morgan fingerprint density at radius 3 is 2.38 bits per heavy atom. The van der Waals surface area contributed by atoms with Gasteiger partial charge in [0.2, 0.25) is 0 Å². The van der Waals surface area contributed by atoms with Crippen LogP contribution in [-0.2, 0) is 11.3 Å². The average molecular weight is 493 g/mol. The van der Waals surface area contributed by atoms with E-state index >= 15 is 0 Å². The first kappa shape index (κ1) is 24.1. The molecule has 0 fully saturated rings. The number of amides is 1. The van der Waals surface area contributed by atoms with E-state index in [1.54, 1.807) is 6.20 Å². The molecule has 8 nitrogen and oxygen atoms in total. The highest BCUT2D eigenvalue weighted by atomic mass is 16.6. The lowest BCUT2D eigenvalue weighted by molar-refractivity contribution is 0.0523. The molecule has 0 aliphatic rings. The van der Waals surface area contributed by atoms with E-state index in [4.69, 9.17) is 9.72 Å². The van der Waals surface area contributed by atoms with Gasteiger partial charge >= 0.3 is 6.09 Å². The number of alkyl carbamates (subject to hydrolysis) is 1. The van der Waals surface area contributed by atoms with Crippen LogP contribution in [0.4, 0.5) is 4.79 Å². The van der Waals surface area contributed by atoms with Crippen LogP contribution < -0.4 is 5.32 Å². The van der Waals surface area contributed by atoms with Crippen molar-refractivity contribution in [3.63, 3.8) is 0 Å². The minimum atomic E-state index is -0.537. The van der Waals surface area contributed by atoms with Crippen molar-refractivity contribution in [2.24, 2.45) is 0 Å². The Hall–Kier alpha value is -4.59. The second-order valence-electron chi connectivity index (χ2n) is 9.76. The maximum absolute atomic E-state index is 12.0. The van der Waals surface area contributed by atoms with Crippen molar-refractivity contribution >= 4 is 17.0 Å². The summed E-state index contributed by atoms with van der Waals surface area (Å²) in [6.07, 6.45) is 1.30. The Balaban J connectivity index is 1.53. The molecule has 0 radical (unpaired) electrons. The molecule has 3 heterocycles. The van der Waals surface area contributed by atoms with E-state index in [1.807, 2.05) is 76.2 Å². The van der Waals surface area contributed by atoms with E-state index in [0.29, 0.717) is 23.9 Å². The number of benzene rings is 2.